The van der Waals surface area contributed by atoms with Gasteiger partial charge in [-0.1, -0.05) is 0 Å². The van der Waals surface area contributed by atoms with Gasteiger partial charge >= 0.3 is 5.97 Å². The topological polar surface area (TPSA) is 85.2 Å². The first-order valence-electron chi connectivity index (χ1n) is 6.02. The maximum atomic E-state index is 10.9. The molecule has 7 heteroatoms. The smallest absolute Gasteiger partial charge is 0.317 e. The van der Waals surface area contributed by atoms with Gasteiger partial charge in [0, 0.05) is 6.42 Å². The summed E-state index contributed by atoms with van der Waals surface area (Å²) in [7, 11) is 0. The van der Waals surface area contributed by atoms with E-state index in [4.69, 9.17) is 9.47 Å². The van der Waals surface area contributed by atoms with Gasteiger partial charge in [0.25, 0.3) is 0 Å². The van der Waals surface area contributed by atoms with E-state index in [1.165, 1.54) is 0 Å². The van der Waals surface area contributed by atoms with E-state index in [1.807, 2.05) is 0 Å². The zero-order valence-corrected chi connectivity index (χ0v) is 11.5. The van der Waals surface area contributed by atoms with E-state index < -0.39 is 23.9 Å². The Morgan fingerprint density at radius 1 is 1.44 bits per heavy atom. The van der Waals surface area contributed by atoms with Crippen LogP contribution in [0.3, 0.4) is 0 Å². The molecule has 2 rings (SSSR count). The summed E-state index contributed by atoms with van der Waals surface area (Å²) in [6.45, 7) is 0.371. The van der Waals surface area contributed by atoms with Gasteiger partial charge in [-0.05, 0) is 19.3 Å². The van der Waals surface area contributed by atoms with Crippen LogP contribution in [0.1, 0.15) is 25.7 Å². The summed E-state index contributed by atoms with van der Waals surface area (Å²) in [5, 5.41) is 20.0. The first-order chi connectivity index (χ1) is 8.57. The molecule has 0 aromatic rings. The quantitative estimate of drug-likeness (QED) is 0.707. The lowest BCUT2D eigenvalue weighted by Gasteiger charge is -2.26. The van der Waals surface area contributed by atoms with Crippen LogP contribution in [0.5, 0.6) is 0 Å². The summed E-state index contributed by atoms with van der Waals surface area (Å²) in [6, 6.07) is 0. The lowest BCUT2D eigenvalue weighted by molar-refractivity contribution is -0.132. The van der Waals surface area contributed by atoms with Gasteiger partial charge in [-0.3, -0.25) is 4.79 Å². The highest BCUT2D eigenvalue weighted by Gasteiger charge is 2.55. The SMILES string of the molecule is O=C(CCCC[C@@]1(O)CO[C@@H]2[C@H](O)CO[C@@H]21)OBr. The van der Waals surface area contributed by atoms with Crippen LogP contribution in [0.4, 0.5) is 0 Å². The van der Waals surface area contributed by atoms with Crippen LogP contribution >= 0.6 is 16.3 Å². The highest BCUT2D eigenvalue weighted by molar-refractivity contribution is 9.06. The van der Waals surface area contributed by atoms with Crippen LogP contribution in [0.2, 0.25) is 0 Å². The minimum atomic E-state index is -1.06. The molecule has 2 heterocycles. The molecular weight excluding hydrogens is 308 g/mol. The van der Waals surface area contributed by atoms with Crippen molar-refractivity contribution in [3.05, 3.63) is 0 Å². The molecule has 2 aliphatic rings. The van der Waals surface area contributed by atoms with Gasteiger partial charge in [0.2, 0.25) is 0 Å². The molecule has 0 aliphatic carbocycles. The molecular formula is C11H17BrO6. The van der Waals surface area contributed by atoms with E-state index in [0.29, 0.717) is 25.7 Å². The van der Waals surface area contributed by atoms with Crippen LogP contribution in [-0.2, 0) is 18.1 Å². The van der Waals surface area contributed by atoms with Gasteiger partial charge in [0.15, 0.2) is 16.3 Å². The largest absolute Gasteiger partial charge is 0.388 e. The van der Waals surface area contributed by atoms with Crippen LogP contribution in [0, 0.1) is 0 Å². The standard InChI is InChI=1S/C11H17BrO6/c12-18-8(14)3-1-2-4-11(15)6-17-9-7(13)5-16-10(9)11/h7,9-10,13,15H,1-6H2/t7-,9-,10+,11-/m1/s1. The van der Waals surface area contributed by atoms with Crippen molar-refractivity contribution in [2.24, 2.45) is 0 Å². The number of aliphatic hydroxyl groups is 2. The first kappa shape index (κ1) is 14.2. The van der Waals surface area contributed by atoms with Crippen LogP contribution in [0.15, 0.2) is 0 Å². The fourth-order valence-corrected chi connectivity index (χ4v) is 2.69. The van der Waals surface area contributed by atoms with E-state index >= 15 is 0 Å². The number of carbonyl (C=O) groups excluding carboxylic acids is 1. The van der Waals surface area contributed by atoms with Crippen molar-refractivity contribution in [2.75, 3.05) is 13.2 Å². The predicted octanol–water partition coefficient (Wildman–Crippen LogP) is 0.289. The number of carbonyl (C=O) groups is 1. The molecule has 0 saturated carbocycles. The summed E-state index contributed by atoms with van der Waals surface area (Å²) in [5.41, 5.74) is -1.06. The molecule has 6 nitrogen and oxygen atoms in total. The number of unbranched alkanes of at least 4 members (excludes halogenated alkanes) is 1. The Balaban J connectivity index is 1.77. The number of rotatable bonds is 5. The van der Waals surface area contributed by atoms with Crippen LogP contribution < -0.4 is 0 Å². The Bertz CT molecular complexity index is 312. The fourth-order valence-electron chi connectivity index (χ4n) is 2.53. The van der Waals surface area contributed by atoms with Gasteiger partial charge in [-0.2, -0.15) is 0 Å². The van der Waals surface area contributed by atoms with Crippen molar-refractivity contribution >= 4 is 22.2 Å². The minimum absolute atomic E-state index is 0.169. The highest BCUT2D eigenvalue weighted by Crippen LogP contribution is 2.37. The van der Waals surface area contributed by atoms with Crippen LogP contribution in [-0.4, -0.2) is 53.3 Å². The van der Waals surface area contributed by atoms with E-state index in [9.17, 15) is 15.0 Å². The van der Waals surface area contributed by atoms with Gasteiger partial charge in [-0.15, -0.1) is 0 Å². The molecule has 2 saturated heterocycles. The fraction of sp³-hybridized carbons (Fsp3) is 0.909. The number of hydrogen-bond donors (Lipinski definition) is 2. The third-order valence-electron chi connectivity index (χ3n) is 3.51. The molecule has 0 bridgehead atoms. The number of fused-ring (bicyclic) bond motifs is 1. The average Bonchev–Trinajstić information content (AvgIpc) is 2.88. The van der Waals surface area contributed by atoms with Gasteiger partial charge in [-0.25, -0.2) is 0 Å². The summed E-state index contributed by atoms with van der Waals surface area (Å²) < 4.78 is 15.1. The number of hydrogen-bond acceptors (Lipinski definition) is 6. The second-order valence-electron chi connectivity index (χ2n) is 4.86. The van der Waals surface area contributed by atoms with Gasteiger partial charge < -0.3 is 23.5 Å². The summed E-state index contributed by atoms with van der Waals surface area (Å²) >= 11 is 2.62. The molecule has 4 atom stereocenters. The lowest BCUT2D eigenvalue weighted by atomic mass is 9.90. The lowest BCUT2D eigenvalue weighted by Crippen LogP contribution is -2.43. The Kier molecular flexibility index (Phi) is 4.60. The van der Waals surface area contributed by atoms with E-state index in [-0.39, 0.29) is 19.2 Å². The molecule has 2 fully saturated rings. The second kappa shape index (κ2) is 5.83. The summed E-state index contributed by atoms with van der Waals surface area (Å²) in [5.74, 6) is -0.324. The highest BCUT2D eigenvalue weighted by atomic mass is 79.9. The van der Waals surface area contributed by atoms with Crippen molar-refractivity contribution in [1.29, 1.82) is 0 Å². The maximum Gasteiger partial charge on any atom is 0.317 e. The Hall–Kier alpha value is -0.210. The monoisotopic (exact) mass is 324 g/mol. The van der Waals surface area contributed by atoms with Crippen molar-refractivity contribution in [3.63, 3.8) is 0 Å². The molecule has 104 valence electrons. The Labute approximate surface area is 114 Å². The molecule has 2 N–H and O–H groups in total. The third-order valence-corrected chi connectivity index (χ3v) is 3.87. The maximum absolute atomic E-state index is 10.9. The second-order valence-corrected chi connectivity index (χ2v) is 5.18. The van der Waals surface area contributed by atoms with E-state index in [2.05, 4.69) is 20.1 Å². The Morgan fingerprint density at radius 2 is 2.22 bits per heavy atom. The summed E-state index contributed by atoms with van der Waals surface area (Å²) in [4.78, 5) is 10.9. The molecule has 18 heavy (non-hydrogen) atoms. The molecule has 0 radical (unpaired) electrons. The van der Waals surface area contributed by atoms with Gasteiger partial charge in [0.1, 0.15) is 23.9 Å². The molecule has 0 aromatic heterocycles. The normalized spacial score (nSPS) is 38.7. The third kappa shape index (κ3) is 2.85. The predicted molar refractivity (Wildman–Crippen MR) is 63.9 cm³/mol. The van der Waals surface area contributed by atoms with Crippen LogP contribution in [0.25, 0.3) is 0 Å². The Morgan fingerprint density at radius 3 is 2.94 bits per heavy atom. The van der Waals surface area contributed by atoms with Gasteiger partial charge in [0.05, 0.1) is 13.2 Å². The molecule has 0 unspecified atom stereocenters. The summed E-state index contributed by atoms with van der Waals surface area (Å²) in [6.07, 6.45) is 0.540. The van der Waals surface area contributed by atoms with E-state index in [1.54, 1.807) is 0 Å². The minimum Gasteiger partial charge on any atom is -0.388 e. The van der Waals surface area contributed by atoms with Crippen molar-refractivity contribution in [2.45, 2.75) is 49.6 Å². The molecule has 0 spiro atoms. The zero-order chi connectivity index (χ0) is 13.2. The van der Waals surface area contributed by atoms with Crippen molar-refractivity contribution in [3.8, 4) is 0 Å². The number of ether oxygens (including phenoxy) is 2. The molecule has 2 aliphatic heterocycles. The number of aliphatic hydroxyl groups excluding tert-OH is 1. The zero-order valence-electron chi connectivity index (χ0n) is 9.88. The number of halogens is 1. The van der Waals surface area contributed by atoms with E-state index in [0.717, 1.165) is 0 Å². The van der Waals surface area contributed by atoms with Crippen molar-refractivity contribution in [1.82, 2.24) is 0 Å². The van der Waals surface area contributed by atoms with Crippen molar-refractivity contribution < 1.29 is 28.3 Å². The average molecular weight is 325 g/mol. The molecule has 0 aromatic carbocycles. The molecule has 0 amide bonds. The first-order valence-corrected chi connectivity index (χ1v) is 6.66.